The summed E-state index contributed by atoms with van der Waals surface area (Å²) in [6.45, 7) is 0. The van der Waals surface area contributed by atoms with Gasteiger partial charge in [0.1, 0.15) is 5.70 Å². The number of carbonyl (C=O) groups is 1. The van der Waals surface area contributed by atoms with Crippen LogP contribution < -0.4 is 10.2 Å². The Morgan fingerprint density at radius 2 is 2.00 bits per heavy atom. The molecule has 6 heteroatoms. The molecule has 3 nitrogen and oxygen atoms in total. The summed E-state index contributed by atoms with van der Waals surface area (Å²) in [6.07, 6.45) is 1.80. The van der Waals surface area contributed by atoms with E-state index in [2.05, 4.69) is 5.32 Å². The molecule has 0 aliphatic carbocycles. The zero-order valence-corrected chi connectivity index (χ0v) is 12.6. The van der Waals surface area contributed by atoms with Crippen molar-refractivity contribution in [3.63, 3.8) is 0 Å². The lowest BCUT2D eigenvalue weighted by atomic mass is 10.3. The van der Waals surface area contributed by atoms with Gasteiger partial charge >= 0.3 is 0 Å². The van der Waals surface area contributed by atoms with Crippen LogP contribution in [-0.4, -0.2) is 11.0 Å². The summed E-state index contributed by atoms with van der Waals surface area (Å²) in [5.74, 6) is -0.161. The van der Waals surface area contributed by atoms with Crippen molar-refractivity contribution in [2.75, 3.05) is 4.90 Å². The lowest BCUT2D eigenvalue weighted by Crippen LogP contribution is -2.30. The molecule has 1 aromatic carbocycles. The molecule has 0 unspecified atom stereocenters. The lowest BCUT2D eigenvalue weighted by Gasteiger charge is -2.13. The molecular formula is C14H9ClN2OS2. The number of halogens is 1. The molecule has 0 saturated carbocycles. The second-order valence-electron chi connectivity index (χ2n) is 4.12. The number of benzene rings is 1. The molecule has 0 atom stereocenters. The number of rotatable bonds is 2. The van der Waals surface area contributed by atoms with E-state index in [1.807, 2.05) is 17.5 Å². The van der Waals surface area contributed by atoms with Gasteiger partial charge < -0.3 is 5.32 Å². The molecule has 2 aromatic rings. The smallest absolute Gasteiger partial charge is 0.281 e. The average Bonchev–Trinajstić information content (AvgIpc) is 3.02. The standard InChI is InChI=1S/C14H9ClN2OS2/c15-9-3-5-10(6-4-9)17-13(18)12(16-14(17)19)8-11-2-1-7-20-11/h1-8H,(H,16,19)/b12-8-. The number of carbonyl (C=O) groups excluding carboxylic acids is 1. The molecule has 1 N–H and O–H groups in total. The number of nitrogens with zero attached hydrogens (tertiary/aromatic N) is 1. The summed E-state index contributed by atoms with van der Waals surface area (Å²) in [7, 11) is 0. The fraction of sp³-hybridized carbons (Fsp3) is 0. The van der Waals surface area contributed by atoms with Crippen LogP contribution in [0.3, 0.4) is 0 Å². The fourth-order valence-corrected chi connectivity index (χ4v) is 2.96. The molecule has 1 amide bonds. The highest BCUT2D eigenvalue weighted by Gasteiger charge is 2.31. The van der Waals surface area contributed by atoms with Crippen LogP contribution >= 0.6 is 35.2 Å². The normalized spacial score (nSPS) is 16.9. The van der Waals surface area contributed by atoms with Gasteiger partial charge in [-0.05, 0) is 54.0 Å². The highest BCUT2D eigenvalue weighted by molar-refractivity contribution is 7.80. The van der Waals surface area contributed by atoms with Crippen molar-refractivity contribution < 1.29 is 4.79 Å². The predicted molar refractivity (Wildman–Crippen MR) is 87.0 cm³/mol. The Morgan fingerprint density at radius 3 is 2.65 bits per heavy atom. The highest BCUT2D eigenvalue weighted by atomic mass is 35.5. The van der Waals surface area contributed by atoms with Gasteiger partial charge in [-0.15, -0.1) is 11.3 Å². The molecule has 1 aliphatic heterocycles. The minimum atomic E-state index is -0.161. The number of nitrogens with one attached hydrogen (secondary N) is 1. The van der Waals surface area contributed by atoms with Crippen LogP contribution in [0, 0.1) is 0 Å². The van der Waals surface area contributed by atoms with E-state index in [4.69, 9.17) is 23.8 Å². The molecule has 100 valence electrons. The number of thiocarbonyl (C=S) groups is 1. The molecule has 1 saturated heterocycles. The van der Waals surface area contributed by atoms with Gasteiger partial charge in [0.05, 0.1) is 5.69 Å². The van der Waals surface area contributed by atoms with E-state index in [-0.39, 0.29) is 5.91 Å². The summed E-state index contributed by atoms with van der Waals surface area (Å²) < 4.78 is 0. The van der Waals surface area contributed by atoms with Crippen molar-refractivity contribution >= 4 is 57.9 Å². The van der Waals surface area contributed by atoms with Crippen LogP contribution in [0.25, 0.3) is 6.08 Å². The number of thiophene rings is 1. The number of hydrogen-bond acceptors (Lipinski definition) is 3. The first kappa shape index (κ1) is 13.3. The quantitative estimate of drug-likeness (QED) is 0.677. The third-order valence-corrected chi connectivity index (χ3v) is 4.15. The molecular weight excluding hydrogens is 312 g/mol. The van der Waals surface area contributed by atoms with E-state index in [0.29, 0.717) is 21.5 Å². The van der Waals surface area contributed by atoms with Gasteiger partial charge in [-0.3, -0.25) is 9.69 Å². The minimum Gasteiger partial charge on any atom is -0.327 e. The third-order valence-electron chi connectivity index (χ3n) is 2.79. The molecule has 20 heavy (non-hydrogen) atoms. The van der Waals surface area contributed by atoms with E-state index < -0.39 is 0 Å². The largest absolute Gasteiger partial charge is 0.327 e. The Balaban J connectivity index is 1.93. The molecule has 1 fully saturated rings. The van der Waals surface area contributed by atoms with E-state index in [0.717, 1.165) is 4.88 Å². The Kier molecular flexibility index (Phi) is 3.56. The number of anilines is 1. The van der Waals surface area contributed by atoms with Gasteiger partial charge in [0, 0.05) is 9.90 Å². The van der Waals surface area contributed by atoms with Gasteiger partial charge in [0.25, 0.3) is 5.91 Å². The van der Waals surface area contributed by atoms with Crippen LogP contribution in [0.5, 0.6) is 0 Å². The van der Waals surface area contributed by atoms with Crippen LogP contribution in [0.15, 0.2) is 47.5 Å². The number of hydrogen-bond donors (Lipinski definition) is 1. The summed E-state index contributed by atoms with van der Waals surface area (Å²) >= 11 is 12.6. The van der Waals surface area contributed by atoms with Gasteiger partial charge in [0.15, 0.2) is 5.11 Å². The first-order valence-electron chi connectivity index (χ1n) is 5.81. The summed E-state index contributed by atoms with van der Waals surface area (Å²) in [5, 5.41) is 5.90. The zero-order chi connectivity index (χ0) is 14.1. The minimum absolute atomic E-state index is 0.161. The zero-order valence-electron chi connectivity index (χ0n) is 10.2. The van der Waals surface area contributed by atoms with Gasteiger partial charge in [-0.1, -0.05) is 17.7 Å². The second-order valence-corrected chi connectivity index (χ2v) is 5.92. The van der Waals surface area contributed by atoms with Gasteiger partial charge in [-0.2, -0.15) is 0 Å². The van der Waals surface area contributed by atoms with Crippen LogP contribution in [0.2, 0.25) is 5.02 Å². The maximum atomic E-state index is 12.4. The molecule has 3 rings (SSSR count). The van der Waals surface area contributed by atoms with Crippen molar-refractivity contribution in [1.82, 2.24) is 5.32 Å². The molecule has 2 heterocycles. The molecule has 1 aliphatic rings. The second kappa shape index (κ2) is 5.36. The van der Waals surface area contributed by atoms with Crippen LogP contribution in [-0.2, 0) is 4.79 Å². The first-order chi connectivity index (χ1) is 9.65. The highest BCUT2D eigenvalue weighted by Crippen LogP contribution is 2.24. The fourth-order valence-electron chi connectivity index (χ4n) is 1.88. The third kappa shape index (κ3) is 2.47. The van der Waals surface area contributed by atoms with E-state index in [1.165, 1.54) is 4.90 Å². The Bertz CT molecular complexity index is 692. The van der Waals surface area contributed by atoms with Crippen molar-refractivity contribution in [3.8, 4) is 0 Å². The first-order valence-corrected chi connectivity index (χ1v) is 7.48. The Hall–Kier alpha value is -1.69. The van der Waals surface area contributed by atoms with E-state index in [9.17, 15) is 4.79 Å². The van der Waals surface area contributed by atoms with Crippen molar-refractivity contribution in [3.05, 3.63) is 57.4 Å². The molecule has 0 spiro atoms. The monoisotopic (exact) mass is 320 g/mol. The lowest BCUT2D eigenvalue weighted by molar-refractivity contribution is -0.113. The van der Waals surface area contributed by atoms with E-state index in [1.54, 1.807) is 41.7 Å². The van der Waals surface area contributed by atoms with Crippen molar-refractivity contribution in [2.45, 2.75) is 0 Å². The average molecular weight is 321 g/mol. The van der Waals surface area contributed by atoms with Gasteiger partial charge in [0.2, 0.25) is 0 Å². The predicted octanol–water partition coefficient (Wildman–Crippen LogP) is 3.66. The van der Waals surface area contributed by atoms with E-state index >= 15 is 0 Å². The SMILES string of the molecule is O=C1/C(=C/c2cccs2)NC(=S)N1c1ccc(Cl)cc1. The maximum Gasteiger partial charge on any atom is 0.281 e. The van der Waals surface area contributed by atoms with Crippen molar-refractivity contribution in [2.24, 2.45) is 0 Å². The van der Waals surface area contributed by atoms with Crippen molar-refractivity contribution in [1.29, 1.82) is 0 Å². The van der Waals surface area contributed by atoms with Crippen LogP contribution in [0.1, 0.15) is 4.88 Å². The molecule has 1 aromatic heterocycles. The number of amides is 1. The topological polar surface area (TPSA) is 32.3 Å². The Labute approximate surface area is 130 Å². The summed E-state index contributed by atoms with van der Waals surface area (Å²) in [6, 6.07) is 10.9. The summed E-state index contributed by atoms with van der Waals surface area (Å²) in [5.41, 5.74) is 1.18. The van der Waals surface area contributed by atoms with Crippen LogP contribution in [0.4, 0.5) is 5.69 Å². The molecule has 0 radical (unpaired) electrons. The summed E-state index contributed by atoms with van der Waals surface area (Å²) in [4.78, 5) is 14.9. The Morgan fingerprint density at radius 1 is 1.25 bits per heavy atom. The molecule has 0 bridgehead atoms. The van der Waals surface area contributed by atoms with Gasteiger partial charge in [-0.25, -0.2) is 0 Å². The maximum absolute atomic E-state index is 12.4.